The van der Waals surface area contributed by atoms with E-state index in [9.17, 15) is 9.18 Å². The normalized spacial score (nSPS) is 10.2. The van der Waals surface area contributed by atoms with E-state index in [-0.39, 0.29) is 23.6 Å². The van der Waals surface area contributed by atoms with Gasteiger partial charge in [-0.15, -0.1) is 0 Å². The molecule has 0 aliphatic heterocycles. The fourth-order valence-electron chi connectivity index (χ4n) is 1.50. The Bertz CT molecular complexity index is 418. The van der Waals surface area contributed by atoms with Crippen molar-refractivity contribution in [3.8, 4) is 5.75 Å². The van der Waals surface area contributed by atoms with Gasteiger partial charge in [-0.25, -0.2) is 4.39 Å². The highest BCUT2D eigenvalue weighted by molar-refractivity contribution is 6.31. The van der Waals surface area contributed by atoms with Crippen LogP contribution in [-0.2, 0) is 11.2 Å². The third-order valence-corrected chi connectivity index (χ3v) is 2.74. The van der Waals surface area contributed by atoms with Crippen molar-refractivity contribution >= 4 is 17.6 Å². The van der Waals surface area contributed by atoms with E-state index in [0.29, 0.717) is 11.1 Å². The molecule has 1 aromatic rings. The van der Waals surface area contributed by atoms with Crippen LogP contribution in [0.4, 0.5) is 4.39 Å². The summed E-state index contributed by atoms with van der Waals surface area (Å²) in [7, 11) is 1.34. The fraction of sp³-hybridized carbons (Fsp3) is 0.364. The zero-order chi connectivity index (χ0) is 12.3. The number of aliphatic carboxylic acids is 1. The monoisotopic (exact) mass is 246 g/mol. The van der Waals surface area contributed by atoms with Crippen LogP contribution in [0.1, 0.15) is 17.5 Å². The number of carbonyl (C=O) groups is 1. The smallest absolute Gasteiger partial charge is 0.303 e. The zero-order valence-corrected chi connectivity index (χ0v) is 9.77. The first-order valence-electron chi connectivity index (χ1n) is 4.70. The van der Waals surface area contributed by atoms with Crippen LogP contribution in [0.5, 0.6) is 5.75 Å². The Hall–Kier alpha value is -1.29. The Morgan fingerprint density at radius 2 is 2.25 bits per heavy atom. The predicted octanol–water partition coefficient (Wildman–Crippen LogP) is 2.81. The molecule has 88 valence electrons. The third kappa shape index (κ3) is 2.64. The lowest BCUT2D eigenvalue weighted by Crippen LogP contribution is -2.03. The summed E-state index contributed by atoms with van der Waals surface area (Å²) in [6.45, 7) is 1.71. The van der Waals surface area contributed by atoms with E-state index in [4.69, 9.17) is 21.4 Å². The molecule has 1 aromatic carbocycles. The molecule has 0 radical (unpaired) electrons. The molecule has 1 N–H and O–H groups in total. The maximum absolute atomic E-state index is 13.5. The van der Waals surface area contributed by atoms with Crippen molar-refractivity contribution in [1.29, 1.82) is 0 Å². The van der Waals surface area contributed by atoms with Crippen LogP contribution in [0, 0.1) is 12.7 Å². The van der Waals surface area contributed by atoms with Gasteiger partial charge in [-0.3, -0.25) is 4.79 Å². The van der Waals surface area contributed by atoms with E-state index in [0.717, 1.165) is 0 Å². The second-order valence-electron chi connectivity index (χ2n) is 3.37. The summed E-state index contributed by atoms with van der Waals surface area (Å²) in [5, 5.41) is 8.88. The van der Waals surface area contributed by atoms with Crippen LogP contribution < -0.4 is 4.74 Å². The highest BCUT2D eigenvalue weighted by Crippen LogP contribution is 2.32. The molecule has 3 nitrogen and oxygen atoms in total. The molecular formula is C11H12ClFO3. The Morgan fingerprint density at radius 1 is 1.62 bits per heavy atom. The summed E-state index contributed by atoms with van der Waals surface area (Å²) < 4.78 is 18.4. The molecule has 0 saturated carbocycles. The molecule has 0 aromatic heterocycles. The van der Waals surface area contributed by atoms with E-state index < -0.39 is 11.8 Å². The molecule has 0 unspecified atom stereocenters. The quantitative estimate of drug-likeness (QED) is 0.889. The van der Waals surface area contributed by atoms with Gasteiger partial charge >= 0.3 is 5.97 Å². The summed E-state index contributed by atoms with van der Waals surface area (Å²) in [5.74, 6) is -1.44. The Morgan fingerprint density at radius 3 is 2.75 bits per heavy atom. The number of methoxy groups -OCH3 is 1. The van der Waals surface area contributed by atoms with Gasteiger partial charge in [0.25, 0.3) is 0 Å². The van der Waals surface area contributed by atoms with Crippen LogP contribution in [-0.4, -0.2) is 18.2 Å². The second kappa shape index (κ2) is 5.16. The lowest BCUT2D eigenvalue weighted by atomic mass is 10.0. The second-order valence-corrected chi connectivity index (χ2v) is 3.78. The largest absolute Gasteiger partial charge is 0.493 e. The highest BCUT2D eigenvalue weighted by atomic mass is 35.5. The fourth-order valence-corrected chi connectivity index (χ4v) is 1.71. The van der Waals surface area contributed by atoms with E-state index >= 15 is 0 Å². The van der Waals surface area contributed by atoms with Crippen LogP contribution in [0.3, 0.4) is 0 Å². The number of carboxylic acid groups (broad SMARTS) is 1. The van der Waals surface area contributed by atoms with Gasteiger partial charge in [0, 0.05) is 17.0 Å². The minimum Gasteiger partial charge on any atom is -0.493 e. The summed E-state index contributed by atoms with van der Waals surface area (Å²) in [4.78, 5) is 10.5. The van der Waals surface area contributed by atoms with Gasteiger partial charge in [-0.1, -0.05) is 11.6 Å². The standard InChI is InChI=1S/C11H12ClFO3/c1-6-7(3-4-10(14)15)11(16-2)9(13)5-8(6)12/h5H,3-4H2,1-2H3,(H,14,15). The molecule has 0 heterocycles. The summed E-state index contributed by atoms with van der Waals surface area (Å²) in [6.07, 6.45) is 0.110. The number of carboxylic acids is 1. The van der Waals surface area contributed by atoms with Gasteiger partial charge in [-0.2, -0.15) is 0 Å². The molecular weight excluding hydrogens is 235 g/mol. The average molecular weight is 247 g/mol. The summed E-state index contributed by atoms with van der Waals surface area (Å²) in [6, 6.07) is 1.17. The van der Waals surface area contributed by atoms with Gasteiger partial charge < -0.3 is 9.84 Å². The first-order valence-corrected chi connectivity index (χ1v) is 5.08. The number of rotatable bonds is 4. The van der Waals surface area contributed by atoms with Crippen LogP contribution in [0.25, 0.3) is 0 Å². The molecule has 0 aliphatic carbocycles. The number of benzene rings is 1. The third-order valence-electron chi connectivity index (χ3n) is 2.35. The molecule has 0 fully saturated rings. The predicted molar refractivity (Wildman–Crippen MR) is 58.7 cm³/mol. The van der Waals surface area contributed by atoms with E-state index in [1.807, 2.05) is 0 Å². The first kappa shape index (κ1) is 12.8. The average Bonchev–Trinajstić information content (AvgIpc) is 2.20. The van der Waals surface area contributed by atoms with Crippen LogP contribution >= 0.6 is 11.6 Å². The van der Waals surface area contributed by atoms with Gasteiger partial charge in [-0.05, 0) is 25.0 Å². The van der Waals surface area contributed by atoms with E-state index in [1.54, 1.807) is 6.92 Å². The van der Waals surface area contributed by atoms with Crippen molar-refractivity contribution < 1.29 is 19.0 Å². The Kier molecular flexibility index (Phi) is 4.12. The number of ether oxygens (including phenoxy) is 1. The summed E-state index contributed by atoms with van der Waals surface area (Å²) in [5.41, 5.74) is 1.16. The highest BCUT2D eigenvalue weighted by Gasteiger charge is 2.16. The molecule has 0 amide bonds. The maximum atomic E-state index is 13.5. The van der Waals surface area contributed by atoms with Crippen molar-refractivity contribution in [2.75, 3.05) is 7.11 Å². The first-order chi connectivity index (χ1) is 7.47. The Balaban J connectivity index is 3.17. The number of hydrogen-bond donors (Lipinski definition) is 1. The van der Waals surface area contributed by atoms with Crippen LogP contribution in [0.2, 0.25) is 5.02 Å². The SMILES string of the molecule is COc1c(F)cc(Cl)c(C)c1CCC(=O)O. The molecule has 1 rings (SSSR count). The molecule has 16 heavy (non-hydrogen) atoms. The summed E-state index contributed by atoms with van der Waals surface area (Å²) >= 11 is 5.82. The topological polar surface area (TPSA) is 46.5 Å². The van der Waals surface area contributed by atoms with E-state index in [2.05, 4.69) is 0 Å². The molecule has 0 aliphatic rings. The van der Waals surface area contributed by atoms with Crippen molar-refractivity contribution in [3.63, 3.8) is 0 Å². The number of halogens is 2. The molecule has 5 heteroatoms. The van der Waals surface area contributed by atoms with Crippen molar-refractivity contribution in [2.24, 2.45) is 0 Å². The van der Waals surface area contributed by atoms with Gasteiger partial charge in [0.2, 0.25) is 0 Å². The van der Waals surface area contributed by atoms with Crippen LogP contribution in [0.15, 0.2) is 6.07 Å². The van der Waals surface area contributed by atoms with Crippen molar-refractivity contribution in [1.82, 2.24) is 0 Å². The molecule has 0 saturated heterocycles. The lowest BCUT2D eigenvalue weighted by Gasteiger charge is -2.13. The lowest BCUT2D eigenvalue weighted by molar-refractivity contribution is -0.136. The minimum atomic E-state index is -0.943. The number of hydrogen-bond acceptors (Lipinski definition) is 2. The molecule has 0 bridgehead atoms. The zero-order valence-electron chi connectivity index (χ0n) is 9.01. The maximum Gasteiger partial charge on any atom is 0.303 e. The van der Waals surface area contributed by atoms with Gasteiger partial charge in [0.15, 0.2) is 11.6 Å². The van der Waals surface area contributed by atoms with Crippen molar-refractivity contribution in [3.05, 3.63) is 28.0 Å². The molecule has 0 atom stereocenters. The molecule has 0 spiro atoms. The Labute approximate surface area is 97.8 Å². The minimum absolute atomic E-state index is 0.0724. The van der Waals surface area contributed by atoms with Crippen molar-refractivity contribution in [2.45, 2.75) is 19.8 Å². The van der Waals surface area contributed by atoms with Gasteiger partial charge in [0.1, 0.15) is 0 Å². The van der Waals surface area contributed by atoms with E-state index in [1.165, 1.54) is 13.2 Å². The van der Waals surface area contributed by atoms with Gasteiger partial charge in [0.05, 0.1) is 7.11 Å².